The molecule has 4 aliphatic carbocycles. The van der Waals surface area contributed by atoms with E-state index in [0.717, 1.165) is 25.3 Å². The van der Waals surface area contributed by atoms with Crippen molar-refractivity contribution in [1.29, 1.82) is 0 Å². The van der Waals surface area contributed by atoms with Crippen LogP contribution in [-0.4, -0.2) is 80.8 Å². The van der Waals surface area contributed by atoms with E-state index in [4.69, 9.17) is 18.9 Å². The highest BCUT2D eigenvalue weighted by atomic mass is 19.4. The number of ether oxygens (including phenoxy) is 4. The molecule has 1 aromatic carbocycles. The van der Waals surface area contributed by atoms with Gasteiger partial charge in [0.25, 0.3) is 5.60 Å². The number of methoxy groups -OCH3 is 1. The molecule has 1 spiro atoms. The molecular weight excluding hydrogens is 673 g/mol. The van der Waals surface area contributed by atoms with Crippen LogP contribution in [0.5, 0.6) is 0 Å². The normalized spacial score (nSPS) is 36.5. The van der Waals surface area contributed by atoms with Crippen LogP contribution in [0, 0.1) is 23.2 Å². The summed E-state index contributed by atoms with van der Waals surface area (Å²) in [5.41, 5.74) is -12.8. The van der Waals surface area contributed by atoms with Crippen molar-refractivity contribution in [2.45, 2.75) is 99.8 Å². The van der Waals surface area contributed by atoms with Gasteiger partial charge in [-0.1, -0.05) is 42.5 Å². The van der Waals surface area contributed by atoms with Gasteiger partial charge in [-0.2, -0.15) is 13.2 Å². The van der Waals surface area contributed by atoms with E-state index in [2.05, 4.69) is 13.2 Å². The molecule has 0 amide bonds. The van der Waals surface area contributed by atoms with Gasteiger partial charge in [-0.25, -0.2) is 4.79 Å². The molecule has 0 aromatic heterocycles. The highest BCUT2D eigenvalue weighted by Gasteiger charge is 2.80. The average molecular weight is 717 g/mol. The van der Waals surface area contributed by atoms with Crippen molar-refractivity contribution in [3.05, 3.63) is 84.4 Å². The molecule has 6 aliphatic rings. The highest BCUT2D eigenvalue weighted by Crippen LogP contribution is 2.73. The summed E-state index contributed by atoms with van der Waals surface area (Å²) in [6.45, 7) is 13.5. The first kappa shape index (κ1) is 37.0. The summed E-state index contributed by atoms with van der Waals surface area (Å²) in [5, 5.41) is 35.9. The van der Waals surface area contributed by atoms with Crippen molar-refractivity contribution in [3.8, 4) is 0 Å². The van der Waals surface area contributed by atoms with Crippen molar-refractivity contribution in [2.24, 2.45) is 23.2 Å². The molecule has 2 bridgehead atoms. The van der Waals surface area contributed by atoms with Crippen molar-refractivity contribution < 1.29 is 61.8 Å². The molecule has 10 nitrogen and oxygen atoms in total. The number of alkyl halides is 3. The molecule has 276 valence electrons. The highest BCUT2D eigenvalue weighted by molar-refractivity contribution is 6.03. The lowest BCUT2D eigenvalue weighted by molar-refractivity contribution is -0.282. The van der Waals surface area contributed by atoms with Gasteiger partial charge in [-0.15, -0.1) is 13.2 Å². The van der Waals surface area contributed by atoms with Gasteiger partial charge in [0.05, 0.1) is 16.9 Å². The number of aliphatic hydroxyl groups is 3. The van der Waals surface area contributed by atoms with E-state index in [1.54, 1.807) is 0 Å². The molecule has 2 fully saturated rings. The zero-order chi connectivity index (χ0) is 37.7. The van der Waals surface area contributed by atoms with E-state index in [0.29, 0.717) is 0 Å². The molecule has 0 unspecified atom stereocenters. The molecule has 3 N–H and O–H groups in total. The van der Waals surface area contributed by atoms with Crippen molar-refractivity contribution in [1.82, 2.24) is 0 Å². The number of carbonyl (C=O) groups excluding carboxylic acids is 3. The summed E-state index contributed by atoms with van der Waals surface area (Å²) in [5.74, 6) is -7.11. The van der Waals surface area contributed by atoms with Crippen LogP contribution in [0.3, 0.4) is 0 Å². The fourth-order valence-electron chi connectivity index (χ4n) is 9.31. The molecule has 1 saturated carbocycles. The lowest BCUT2D eigenvalue weighted by atomic mass is 9.38. The SMILES string of the molecule is C=CC[C@]1(O)C(=O)C=C2O[C@H](C(C)(C)O)C[C@]23[C@@H]2C(=O)[C@@](O)(CC=C)[C@@H](C4=C2OC(C)(C)[C@H](OC(=O)[C@](OC)(c2ccccc2)C(F)(F)F)C4)[C@H]31. The molecule has 9 atom stereocenters. The summed E-state index contributed by atoms with van der Waals surface area (Å²) in [7, 11) is 0.752. The third-order valence-corrected chi connectivity index (χ3v) is 11.7. The number of carbonyl (C=O) groups is 3. The number of hydrogen-bond acceptors (Lipinski definition) is 10. The van der Waals surface area contributed by atoms with Crippen LogP contribution >= 0.6 is 0 Å². The van der Waals surface area contributed by atoms with E-state index >= 15 is 0 Å². The van der Waals surface area contributed by atoms with Gasteiger partial charge in [0.15, 0.2) is 11.6 Å². The number of hydrogen-bond donors (Lipinski definition) is 3. The maximum atomic E-state index is 14.8. The van der Waals surface area contributed by atoms with Crippen LogP contribution in [0.25, 0.3) is 0 Å². The topological polar surface area (TPSA) is 149 Å². The molecule has 7 rings (SSSR count). The second-order valence-electron chi connectivity index (χ2n) is 15.4. The Kier molecular flexibility index (Phi) is 8.42. The number of Topliss-reactive ketones (excluding diaryl/α,β-unsaturated/α-hetero) is 1. The second kappa shape index (κ2) is 11.6. The molecule has 13 heteroatoms. The fraction of sp³-hybridized carbons (Fsp3) is 0.553. The van der Waals surface area contributed by atoms with Crippen molar-refractivity contribution >= 4 is 17.5 Å². The molecule has 0 radical (unpaired) electrons. The van der Waals surface area contributed by atoms with Gasteiger partial charge in [0.1, 0.15) is 40.5 Å². The maximum absolute atomic E-state index is 14.8. The van der Waals surface area contributed by atoms with Crippen molar-refractivity contribution in [2.75, 3.05) is 7.11 Å². The molecule has 1 saturated heterocycles. The van der Waals surface area contributed by atoms with Gasteiger partial charge in [-0.05, 0) is 33.3 Å². The smallest absolute Gasteiger partial charge is 0.432 e. The zero-order valence-electron chi connectivity index (χ0n) is 29.1. The summed E-state index contributed by atoms with van der Waals surface area (Å²) < 4.78 is 68.0. The van der Waals surface area contributed by atoms with Crippen LogP contribution in [0.4, 0.5) is 13.2 Å². The summed E-state index contributed by atoms with van der Waals surface area (Å²) in [6, 6.07) is 6.33. The number of rotatable bonds is 9. The Bertz CT molecular complexity index is 1740. The number of fused-ring (bicyclic) bond motifs is 1. The second-order valence-corrected chi connectivity index (χ2v) is 15.4. The Morgan fingerprint density at radius 3 is 2.22 bits per heavy atom. The molecular formula is C38H43F3O10. The summed E-state index contributed by atoms with van der Waals surface area (Å²) in [4.78, 5) is 42.4. The molecule has 2 aliphatic heterocycles. The predicted molar refractivity (Wildman–Crippen MR) is 174 cm³/mol. The molecule has 1 aromatic rings. The summed E-state index contributed by atoms with van der Waals surface area (Å²) in [6.07, 6.45) is -4.81. The molecule has 2 heterocycles. The number of allylic oxidation sites excluding steroid dienone is 2. The van der Waals surface area contributed by atoms with E-state index in [1.165, 1.54) is 58.0 Å². The van der Waals surface area contributed by atoms with E-state index in [1.807, 2.05) is 0 Å². The standard InChI is InChI=1S/C38H43F3O10/c1-8-15-35(46)22(42)18-24-34(19-25(49-24)32(3,4)45)27-28-21(26(29(34)35)36(47,16-9-2)30(27)43)17-23(33(5,6)51-28)50-31(44)37(48-7,38(39,40)41)20-13-11-10-12-14-20/h8-14,18,23,25-27,29,45-47H,1-2,15-17,19H2,3-7H3/t23-,25+,26+,27+,29-,34-,35+,36-,37-/m1/s1. The van der Waals surface area contributed by atoms with Crippen LogP contribution in [0.2, 0.25) is 0 Å². The van der Waals surface area contributed by atoms with Gasteiger partial charge in [0.2, 0.25) is 0 Å². The maximum Gasteiger partial charge on any atom is 0.432 e. The fourth-order valence-corrected chi connectivity index (χ4v) is 9.31. The van der Waals surface area contributed by atoms with E-state index in [9.17, 15) is 42.9 Å². The minimum Gasteiger partial charge on any atom is -0.491 e. The first-order valence-corrected chi connectivity index (χ1v) is 16.8. The van der Waals surface area contributed by atoms with Crippen LogP contribution in [0.1, 0.15) is 58.9 Å². The first-order chi connectivity index (χ1) is 23.6. The molecule has 51 heavy (non-hydrogen) atoms. The lowest BCUT2D eigenvalue weighted by Gasteiger charge is -2.66. The summed E-state index contributed by atoms with van der Waals surface area (Å²) >= 11 is 0. The van der Waals surface area contributed by atoms with Crippen LogP contribution < -0.4 is 0 Å². The van der Waals surface area contributed by atoms with Crippen LogP contribution in [-0.2, 0) is 38.9 Å². The predicted octanol–water partition coefficient (Wildman–Crippen LogP) is 4.53. The monoisotopic (exact) mass is 716 g/mol. The minimum absolute atomic E-state index is 0.0468. The Hall–Kier alpha value is -3.78. The Balaban J connectivity index is 1.54. The lowest BCUT2D eigenvalue weighted by Crippen LogP contribution is -2.75. The van der Waals surface area contributed by atoms with Gasteiger partial charge in [-0.3, -0.25) is 9.59 Å². The Morgan fingerprint density at radius 2 is 1.67 bits per heavy atom. The third kappa shape index (κ3) is 4.87. The Labute approximate surface area is 293 Å². The first-order valence-electron chi connectivity index (χ1n) is 16.8. The average Bonchev–Trinajstić information content (AvgIpc) is 3.40. The Morgan fingerprint density at radius 1 is 1.06 bits per heavy atom. The van der Waals surface area contributed by atoms with Crippen molar-refractivity contribution in [3.63, 3.8) is 0 Å². The van der Waals surface area contributed by atoms with E-state index < -0.39 is 92.7 Å². The number of ketones is 2. The number of halogens is 3. The zero-order valence-corrected chi connectivity index (χ0v) is 29.1. The largest absolute Gasteiger partial charge is 0.491 e. The van der Waals surface area contributed by atoms with Gasteiger partial charge < -0.3 is 34.3 Å². The number of esters is 1. The van der Waals surface area contributed by atoms with Crippen LogP contribution in [0.15, 0.2) is 78.8 Å². The van der Waals surface area contributed by atoms with Gasteiger partial charge >= 0.3 is 12.1 Å². The minimum atomic E-state index is -5.26. The van der Waals surface area contributed by atoms with E-state index in [-0.39, 0.29) is 42.8 Å². The quantitative estimate of drug-likeness (QED) is 0.246. The van der Waals surface area contributed by atoms with Gasteiger partial charge in [0, 0.05) is 56.3 Å². The number of benzene rings is 1. The third-order valence-electron chi connectivity index (χ3n) is 11.7.